The van der Waals surface area contributed by atoms with Gasteiger partial charge < -0.3 is 4.98 Å². The number of nitriles is 1. The standard InChI is InChI=1S/C26H15N7O5/c27-15-21-20(17-7-11-19(12-8-17)33(37)38)14-23(28-26(21)34)25(13-16-5-9-18(10-6-16)32(35)36)31-24-4-2-1-3-22(24)29-30-31/h1-14H,(H,28,34)/b25-13-. The lowest BCUT2D eigenvalue weighted by Crippen LogP contribution is -2.16. The Balaban J connectivity index is 1.74. The second-order valence-electron chi connectivity index (χ2n) is 8.08. The van der Waals surface area contributed by atoms with Crippen LogP contribution >= 0.6 is 0 Å². The molecule has 2 aromatic heterocycles. The van der Waals surface area contributed by atoms with Crippen molar-refractivity contribution in [3.8, 4) is 17.2 Å². The normalized spacial score (nSPS) is 11.3. The highest BCUT2D eigenvalue weighted by atomic mass is 16.6. The summed E-state index contributed by atoms with van der Waals surface area (Å²) in [5.74, 6) is 0. The van der Waals surface area contributed by atoms with E-state index in [0.717, 1.165) is 0 Å². The van der Waals surface area contributed by atoms with E-state index >= 15 is 0 Å². The molecule has 2 heterocycles. The van der Waals surface area contributed by atoms with E-state index in [9.17, 15) is 30.3 Å². The number of rotatable bonds is 6. The molecule has 0 aliphatic rings. The zero-order chi connectivity index (χ0) is 26.8. The van der Waals surface area contributed by atoms with Crippen LogP contribution in [-0.2, 0) is 0 Å². The molecule has 12 nitrogen and oxygen atoms in total. The topological polar surface area (TPSA) is 174 Å². The number of pyridine rings is 1. The van der Waals surface area contributed by atoms with Crippen molar-refractivity contribution in [2.75, 3.05) is 0 Å². The van der Waals surface area contributed by atoms with Crippen LogP contribution in [0.2, 0.25) is 0 Å². The first-order chi connectivity index (χ1) is 18.4. The van der Waals surface area contributed by atoms with E-state index < -0.39 is 15.4 Å². The number of nitro benzene ring substituents is 2. The third-order valence-corrected chi connectivity index (χ3v) is 5.80. The maximum Gasteiger partial charge on any atom is 0.269 e. The summed E-state index contributed by atoms with van der Waals surface area (Å²) in [4.78, 5) is 36.8. The van der Waals surface area contributed by atoms with Crippen LogP contribution in [0.3, 0.4) is 0 Å². The third kappa shape index (κ3) is 4.38. The van der Waals surface area contributed by atoms with Crippen LogP contribution in [0.25, 0.3) is 33.9 Å². The summed E-state index contributed by atoms with van der Waals surface area (Å²) in [5, 5.41) is 40.3. The Kier molecular flexibility index (Phi) is 6.00. The number of H-pyrrole nitrogens is 1. The van der Waals surface area contributed by atoms with Gasteiger partial charge >= 0.3 is 0 Å². The number of nitrogens with zero attached hydrogens (tertiary/aromatic N) is 6. The van der Waals surface area contributed by atoms with Gasteiger partial charge in [-0.15, -0.1) is 5.10 Å². The zero-order valence-electron chi connectivity index (χ0n) is 19.3. The number of nitrogens with one attached hydrogen (secondary N) is 1. The molecule has 0 saturated carbocycles. The molecule has 0 saturated heterocycles. The number of para-hydroxylation sites is 1. The van der Waals surface area contributed by atoms with E-state index in [4.69, 9.17) is 0 Å². The number of hydrogen-bond donors (Lipinski definition) is 1. The van der Waals surface area contributed by atoms with Crippen molar-refractivity contribution in [3.05, 3.63) is 126 Å². The maximum atomic E-state index is 13.0. The minimum absolute atomic E-state index is 0.0813. The number of non-ortho nitro benzene ring substituents is 2. The molecule has 0 unspecified atom stereocenters. The van der Waals surface area contributed by atoms with E-state index in [1.54, 1.807) is 48.5 Å². The molecule has 0 amide bonds. The van der Waals surface area contributed by atoms with Crippen molar-refractivity contribution in [1.82, 2.24) is 20.0 Å². The van der Waals surface area contributed by atoms with Gasteiger partial charge in [-0.25, -0.2) is 4.68 Å². The predicted octanol–water partition coefficient (Wildman–Crippen LogP) is 4.52. The Morgan fingerprint density at radius 2 is 1.58 bits per heavy atom. The number of aromatic nitrogens is 4. The molecule has 38 heavy (non-hydrogen) atoms. The highest BCUT2D eigenvalue weighted by molar-refractivity contribution is 5.88. The minimum Gasteiger partial charge on any atom is -0.319 e. The summed E-state index contributed by atoms with van der Waals surface area (Å²) in [6.07, 6.45) is 1.67. The molecule has 0 spiro atoms. The molecule has 0 radical (unpaired) electrons. The van der Waals surface area contributed by atoms with Crippen molar-refractivity contribution >= 4 is 34.2 Å². The van der Waals surface area contributed by atoms with Crippen LogP contribution in [0.5, 0.6) is 0 Å². The zero-order valence-corrected chi connectivity index (χ0v) is 19.3. The third-order valence-electron chi connectivity index (χ3n) is 5.80. The smallest absolute Gasteiger partial charge is 0.269 e. The van der Waals surface area contributed by atoms with E-state index in [2.05, 4.69) is 15.3 Å². The fourth-order valence-electron chi connectivity index (χ4n) is 3.95. The Bertz CT molecular complexity index is 1850. The molecule has 0 fully saturated rings. The van der Waals surface area contributed by atoms with Gasteiger partial charge in [-0.2, -0.15) is 5.26 Å². The van der Waals surface area contributed by atoms with Gasteiger partial charge in [0, 0.05) is 29.8 Å². The van der Waals surface area contributed by atoms with Gasteiger partial charge in [-0.3, -0.25) is 25.0 Å². The van der Waals surface area contributed by atoms with Crippen LogP contribution in [0, 0.1) is 31.6 Å². The number of fused-ring (bicyclic) bond motifs is 1. The van der Waals surface area contributed by atoms with Crippen LogP contribution in [0.4, 0.5) is 11.4 Å². The predicted molar refractivity (Wildman–Crippen MR) is 138 cm³/mol. The van der Waals surface area contributed by atoms with Gasteiger partial charge in [0.1, 0.15) is 17.1 Å². The van der Waals surface area contributed by atoms with Gasteiger partial charge in [-0.05, 0) is 59.7 Å². The fraction of sp³-hybridized carbons (Fsp3) is 0. The summed E-state index contributed by atoms with van der Waals surface area (Å²) in [7, 11) is 0. The van der Waals surface area contributed by atoms with E-state index in [0.29, 0.717) is 27.9 Å². The SMILES string of the molecule is N#Cc1c(-c2ccc([N+](=O)[O-])cc2)cc(/C(=C/c2ccc([N+](=O)[O-])cc2)n2nnc3ccccc32)[nH]c1=O. The summed E-state index contributed by atoms with van der Waals surface area (Å²) < 4.78 is 1.51. The second kappa shape index (κ2) is 9.59. The van der Waals surface area contributed by atoms with Crippen molar-refractivity contribution in [3.63, 3.8) is 0 Å². The number of benzene rings is 3. The molecule has 0 aliphatic carbocycles. The average Bonchev–Trinajstić information content (AvgIpc) is 3.35. The average molecular weight is 505 g/mol. The number of aromatic amines is 1. The van der Waals surface area contributed by atoms with Crippen LogP contribution in [-0.4, -0.2) is 29.8 Å². The molecule has 5 aromatic rings. The molecular weight excluding hydrogens is 490 g/mol. The lowest BCUT2D eigenvalue weighted by atomic mass is 9.99. The number of hydrogen-bond acceptors (Lipinski definition) is 8. The first kappa shape index (κ1) is 23.8. The molecule has 0 atom stereocenters. The fourth-order valence-corrected chi connectivity index (χ4v) is 3.95. The molecule has 12 heteroatoms. The summed E-state index contributed by atoms with van der Waals surface area (Å²) in [6.45, 7) is 0. The maximum absolute atomic E-state index is 13.0. The van der Waals surface area contributed by atoms with Gasteiger partial charge in [0.25, 0.3) is 16.9 Å². The summed E-state index contributed by atoms with van der Waals surface area (Å²) in [5.41, 5.74) is 2.08. The first-order valence-corrected chi connectivity index (χ1v) is 11.1. The second-order valence-corrected chi connectivity index (χ2v) is 8.08. The Hall–Kier alpha value is -5.96. The molecule has 3 aromatic carbocycles. The molecule has 1 N–H and O–H groups in total. The quantitative estimate of drug-likeness (QED) is 0.259. The van der Waals surface area contributed by atoms with E-state index in [1.807, 2.05) is 6.07 Å². The molecule has 0 bridgehead atoms. The molecular formula is C26H15N7O5. The van der Waals surface area contributed by atoms with Gasteiger partial charge in [0.2, 0.25) is 0 Å². The molecule has 5 rings (SSSR count). The van der Waals surface area contributed by atoms with Crippen LogP contribution in [0.15, 0.2) is 83.7 Å². The highest BCUT2D eigenvalue weighted by Crippen LogP contribution is 2.29. The minimum atomic E-state index is -0.669. The summed E-state index contributed by atoms with van der Waals surface area (Å²) >= 11 is 0. The Labute approximate surface area is 213 Å². The van der Waals surface area contributed by atoms with Crippen molar-refractivity contribution in [2.45, 2.75) is 0 Å². The largest absolute Gasteiger partial charge is 0.319 e. The van der Waals surface area contributed by atoms with E-state index in [1.165, 1.54) is 41.1 Å². The summed E-state index contributed by atoms with van der Waals surface area (Å²) in [6, 6.07) is 22.0. The first-order valence-electron chi connectivity index (χ1n) is 11.1. The van der Waals surface area contributed by atoms with Gasteiger partial charge in [-0.1, -0.05) is 17.3 Å². The molecule has 184 valence electrons. The van der Waals surface area contributed by atoms with E-state index in [-0.39, 0.29) is 28.2 Å². The van der Waals surface area contributed by atoms with Gasteiger partial charge in [0.15, 0.2) is 0 Å². The monoisotopic (exact) mass is 505 g/mol. The molecule has 0 aliphatic heterocycles. The van der Waals surface area contributed by atoms with Crippen molar-refractivity contribution < 1.29 is 9.85 Å². The Morgan fingerprint density at radius 1 is 0.947 bits per heavy atom. The van der Waals surface area contributed by atoms with Crippen LogP contribution in [0.1, 0.15) is 16.8 Å². The lowest BCUT2D eigenvalue weighted by Gasteiger charge is -2.12. The van der Waals surface area contributed by atoms with Crippen LogP contribution < -0.4 is 5.56 Å². The highest BCUT2D eigenvalue weighted by Gasteiger charge is 2.18. The number of nitro groups is 2. The lowest BCUT2D eigenvalue weighted by molar-refractivity contribution is -0.385. The van der Waals surface area contributed by atoms with Crippen molar-refractivity contribution in [1.29, 1.82) is 5.26 Å². The van der Waals surface area contributed by atoms with Gasteiger partial charge in [0.05, 0.1) is 26.8 Å². The van der Waals surface area contributed by atoms with Crippen molar-refractivity contribution in [2.24, 2.45) is 0 Å². The Morgan fingerprint density at radius 3 is 2.21 bits per heavy atom.